The lowest BCUT2D eigenvalue weighted by Gasteiger charge is -2.35. The van der Waals surface area contributed by atoms with Crippen molar-refractivity contribution in [2.45, 2.75) is 57.0 Å². The second kappa shape index (κ2) is 15.1. The number of methoxy groups -OCH3 is 1. The lowest BCUT2D eigenvalue weighted by Crippen LogP contribution is -2.49. The van der Waals surface area contributed by atoms with E-state index in [1.165, 1.54) is 19.4 Å². The average Bonchev–Trinajstić information content (AvgIpc) is 3.93. The number of pyridine rings is 1. The lowest BCUT2D eigenvalue weighted by molar-refractivity contribution is -0.149. The first-order valence-corrected chi connectivity index (χ1v) is 17.3. The fourth-order valence-corrected chi connectivity index (χ4v) is 6.75. The molecule has 1 aliphatic carbocycles. The van der Waals surface area contributed by atoms with Gasteiger partial charge in [-0.1, -0.05) is 42.5 Å². The van der Waals surface area contributed by atoms with Crippen LogP contribution in [0.15, 0.2) is 65.6 Å². The summed E-state index contributed by atoms with van der Waals surface area (Å²) in [7, 11) is 1.37. The number of nitrogens with one attached hydrogen (secondary N) is 1. The number of carboxylic acids is 1. The fraction of sp³-hybridized carbons (Fsp3) is 0.385. The molecule has 2 heterocycles. The van der Waals surface area contributed by atoms with Gasteiger partial charge in [-0.3, -0.25) is 14.4 Å². The van der Waals surface area contributed by atoms with E-state index in [1.807, 2.05) is 30.0 Å². The van der Waals surface area contributed by atoms with Gasteiger partial charge >= 0.3 is 17.9 Å². The quantitative estimate of drug-likeness (QED) is 0.133. The van der Waals surface area contributed by atoms with Gasteiger partial charge in [0.15, 0.2) is 11.6 Å². The highest BCUT2D eigenvalue weighted by molar-refractivity contribution is 5.97. The Morgan fingerprint density at radius 2 is 1.81 bits per heavy atom. The summed E-state index contributed by atoms with van der Waals surface area (Å²) in [6, 6.07) is 14.8. The van der Waals surface area contributed by atoms with E-state index in [0.29, 0.717) is 43.6 Å². The number of piperazine rings is 1. The summed E-state index contributed by atoms with van der Waals surface area (Å²) in [5.41, 5.74) is -0.263. The zero-order valence-corrected chi connectivity index (χ0v) is 29.2. The van der Waals surface area contributed by atoms with E-state index in [4.69, 9.17) is 14.2 Å². The molecule has 1 aliphatic heterocycles. The number of aromatic nitrogens is 1. The summed E-state index contributed by atoms with van der Waals surface area (Å²) >= 11 is 0. The fourth-order valence-electron chi connectivity index (χ4n) is 6.75. The van der Waals surface area contributed by atoms with Crippen molar-refractivity contribution in [2.75, 3.05) is 44.9 Å². The van der Waals surface area contributed by atoms with Crippen LogP contribution in [0.5, 0.6) is 5.75 Å². The molecule has 11 nitrogen and oxygen atoms in total. The molecule has 0 bridgehead atoms. The number of rotatable bonds is 13. The number of hydrogen-bond acceptors (Lipinski definition) is 9. The van der Waals surface area contributed by atoms with E-state index in [1.54, 1.807) is 35.8 Å². The highest BCUT2D eigenvalue weighted by Crippen LogP contribution is 2.48. The van der Waals surface area contributed by atoms with Crippen LogP contribution in [0, 0.1) is 11.6 Å². The van der Waals surface area contributed by atoms with Gasteiger partial charge in [0.1, 0.15) is 23.7 Å². The molecule has 6 rings (SSSR count). The molecular formula is C39H41F2N3O8. The third kappa shape index (κ3) is 7.36. The van der Waals surface area contributed by atoms with E-state index in [9.17, 15) is 28.7 Å². The summed E-state index contributed by atoms with van der Waals surface area (Å²) < 4.78 is 49.0. The van der Waals surface area contributed by atoms with Crippen molar-refractivity contribution in [3.05, 3.63) is 93.8 Å². The molecule has 0 radical (unpaired) electrons. The second-order valence-corrected chi connectivity index (χ2v) is 13.5. The van der Waals surface area contributed by atoms with Crippen molar-refractivity contribution in [3.63, 3.8) is 0 Å². The first-order chi connectivity index (χ1) is 24.9. The molecular weight excluding hydrogens is 676 g/mol. The molecule has 4 aromatic rings. The average molecular weight is 718 g/mol. The Morgan fingerprint density at radius 1 is 1.06 bits per heavy atom. The SMILES string of the molecule is COc1c(N2CCNC(C)C2)c(F)cc2c(=O)c(C(=O)O)cn(C3(COC(=O)CCCOC(=O)C(C)c4ccc(-c5ccccc5)c(F)c4)CC3)c12. The number of ether oxygens (including phenoxy) is 3. The van der Waals surface area contributed by atoms with Crippen LogP contribution in [-0.2, 0) is 24.6 Å². The molecule has 52 heavy (non-hydrogen) atoms. The largest absolute Gasteiger partial charge is 0.492 e. The van der Waals surface area contributed by atoms with E-state index in [0.717, 1.165) is 11.6 Å². The number of hydrogen-bond donors (Lipinski definition) is 2. The smallest absolute Gasteiger partial charge is 0.341 e. The molecule has 2 fully saturated rings. The Hall–Kier alpha value is -5.30. The molecule has 1 saturated heterocycles. The van der Waals surface area contributed by atoms with Gasteiger partial charge in [-0.2, -0.15) is 0 Å². The highest BCUT2D eigenvalue weighted by atomic mass is 19.1. The summed E-state index contributed by atoms with van der Waals surface area (Å²) in [6.45, 7) is 4.97. The minimum Gasteiger partial charge on any atom is -0.492 e. The van der Waals surface area contributed by atoms with Gasteiger partial charge < -0.3 is 34.1 Å². The monoisotopic (exact) mass is 717 g/mol. The minimum atomic E-state index is -1.47. The molecule has 0 amide bonds. The summed E-state index contributed by atoms with van der Waals surface area (Å²) in [5, 5.41) is 13.0. The molecule has 274 valence electrons. The van der Waals surface area contributed by atoms with Gasteiger partial charge in [0.05, 0.1) is 36.1 Å². The topological polar surface area (TPSA) is 136 Å². The van der Waals surface area contributed by atoms with Crippen LogP contribution >= 0.6 is 0 Å². The second-order valence-electron chi connectivity index (χ2n) is 13.5. The van der Waals surface area contributed by atoms with Gasteiger partial charge in [0, 0.05) is 43.9 Å². The number of anilines is 1. The van der Waals surface area contributed by atoms with Crippen LogP contribution in [0.25, 0.3) is 22.0 Å². The molecule has 0 spiro atoms. The Labute approximate surface area is 299 Å². The first kappa shape index (κ1) is 36.5. The first-order valence-electron chi connectivity index (χ1n) is 17.3. The Morgan fingerprint density at radius 3 is 2.46 bits per heavy atom. The van der Waals surface area contributed by atoms with Crippen molar-refractivity contribution in [3.8, 4) is 16.9 Å². The summed E-state index contributed by atoms with van der Waals surface area (Å²) in [6.07, 6.45) is 2.33. The van der Waals surface area contributed by atoms with Crippen LogP contribution in [0.3, 0.4) is 0 Å². The number of carbonyl (C=O) groups excluding carboxylic acids is 2. The number of fused-ring (bicyclic) bond motifs is 1. The predicted molar refractivity (Wildman–Crippen MR) is 190 cm³/mol. The van der Waals surface area contributed by atoms with E-state index < -0.39 is 52.0 Å². The van der Waals surface area contributed by atoms with Gasteiger partial charge in [0.25, 0.3) is 0 Å². The number of aromatic carboxylic acids is 1. The van der Waals surface area contributed by atoms with Crippen molar-refractivity contribution in [1.29, 1.82) is 0 Å². The third-order valence-corrected chi connectivity index (χ3v) is 9.83. The summed E-state index contributed by atoms with van der Waals surface area (Å²) in [5.74, 6) is -4.38. The van der Waals surface area contributed by atoms with Gasteiger partial charge in [-0.15, -0.1) is 0 Å². The van der Waals surface area contributed by atoms with Crippen molar-refractivity contribution in [2.24, 2.45) is 0 Å². The zero-order chi connectivity index (χ0) is 37.2. The number of esters is 2. The van der Waals surface area contributed by atoms with Gasteiger partial charge in [-0.25, -0.2) is 13.6 Å². The lowest BCUT2D eigenvalue weighted by atomic mass is 9.97. The van der Waals surface area contributed by atoms with E-state index in [-0.39, 0.29) is 54.4 Å². The van der Waals surface area contributed by atoms with Crippen molar-refractivity contribution in [1.82, 2.24) is 9.88 Å². The molecule has 2 aliphatic rings. The Kier molecular flexibility index (Phi) is 10.6. The Bertz CT molecular complexity index is 2060. The normalized spacial score (nSPS) is 17.0. The van der Waals surface area contributed by atoms with Crippen LogP contribution in [0.4, 0.5) is 14.5 Å². The minimum absolute atomic E-state index is 0.0590. The van der Waals surface area contributed by atoms with Crippen molar-refractivity contribution < 1.29 is 42.5 Å². The summed E-state index contributed by atoms with van der Waals surface area (Å²) in [4.78, 5) is 52.9. The van der Waals surface area contributed by atoms with Crippen molar-refractivity contribution >= 4 is 34.5 Å². The Balaban J connectivity index is 1.12. The number of carbonyl (C=O) groups is 3. The highest BCUT2D eigenvalue weighted by Gasteiger charge is 2.47. The predicted octanol–water partition coefficient (Wildman–Crippen LogP) is 5.61. The maximum atomic E-state index is 15.8. The van der Waals surface area contributed by atoms with Crippen LogP contribution in [-0.4, -0.2) is 73.6 Å². The molecule has 13 heteroatoms. The van der Waals surface area contributed by atoms with Crippen LogP contribution in [0.2, 0.25) is 0 Å². The molecule has 2 unspecified atom stereocenters. The number of carboxylic acid groups (broad SMARTS) is 1. The zero-order valence-electron chi connectivity index (χ0n) is 29.2. The number of benzene rings is 3. The van der Waals surface area contributed by atoms with Gasteiger partial charge in [0.2, 0.25) is 5.43 Å². The van der Waals surface area contributed by atoms with Crippen LogP contribution in [0.1, 0.15) is 61.4 Å². The molecule has 2 N–H and O–H groups in total. The van der Waals surface area contributed by atoms with E-state index in [2.05, 4.69) is 5.32 Å². The molecule has 2 atom stereocenters. The molecule has 1 saturated carbocycles. The third-order valence-electron chi connectivity index (χ3n) is 9.83. The molecule has 1 aromatic heterocycles. The maximum absolute atomic E-state index is 15.8. The standard InChI is InChI=1S/C39H41F2N3O8/c1-23-20-43(16-15-42-23)34-31(41)19-28-33(36(34)50-3)44(21-29(35(28)46)37(47)48)39(13-14-39)22-52-32(45)10-7-17-51-38(49)24(2)26-11-12-27(30(40)18-26)25-8-5-4-6-9-25/h4-6,8-9,11-12,18-19,21,23-24,42H,7,10,13-17,20,22H2,1-3H3,(H,47,48). The van der Waals surface area contributed by atoms with Gasteiger partial charge in [-0.05, 0) is 56.4 Å². The van der Waals surface area contributed by atoms with E-state index >= 15 is 4.39 Å². The number of halogens is 2. The molecule has 3 aromatic carbocycles. The van der Waals surface area contributed by atoms with Crippen LogP contribution < -0.4 is 20.4 Å². The maximum Gasteiger partial charge on any atom is 0.341 e. The number of nitrogens with zero attached hydrogens (tertiary/aromatic N) is 2.